The standard InChI is InChI=1S/C15H20N4O2/c1-19-9-7-12(18-19)6-8-17-15(21)14(16)10-11-2-4-13(20)5-3-11/h2-5,7,9,14,20H,6,8,10,16H2,1H3,(H,17,21). The van der Waals surface area contributed by atoms with Crippen LogP contribution in [0.3, 0.4) is 0 Å². The van der Waals surface area contributed by atoms with Crippen LogP contribution in [0, 0.1) is 0 Å². The number of hydrogen-bond acceptors (Lipinski definition) is 4. The van der Waals surface area contributed by atoms with Crippen molar-refractivity contribution in [1.29, 1.82) is 0 Å². The minimum atomic E-state index is -0.599. The highest BCUT2D eigenvalue weighted by Gasteiger charge is 2.13. The van der Waals surface area contributed by atoms with Crippen LogP contribution in [-0.2, 0) is 24.7 Å². The van der Waals surface area contributed by atoms with E-state index in [1.54, 1.807) is 28.9 Å². The summed E-state index contributed by atoms with van der Waals surface area (Å²) in [6, 6.07) is 8.01. The fourth-order valence-corrected chi connectivity index (χ4v) is 2.02. The Kier molecular flexibility index (Phi) is 4.94. The van der Waals surface area contributed by atoms with Crippen molar-refractivity contribution < 1.29 is 9.90 Å². The number of benzene rings is 1. The van der Waals surface area contributed by atoms with E-state index in [0.29, 0.717) is 19.4 Å². The Bertz CT molecular complexity index is 592. The summed E-state index contributed by atoms with van der Waals surface area (Å²) in [5.74, 6) is 0.0196. The molecule has 0 aliphatic heterocycles. The highest BCUT2D eigenvalue weighted by molar-refractivity contribution is 5.81. The maximum Gasteiger partial charge on any atom is 0.237 e. The predicted molar refractivity (Wildman–Crippen MR) is 79.7 cm³/mol. The minimum absolute atomic E-state index is 0.181. The molecule has 1 atom stereocenters. The molecule has 0 saturated heterocycles. The van der Waals surface area contributed by atoms with Gasteiger partial charge in [0, 0.05) is 26.2 Å². The zero-order chi connectivity index (χ0) is 15.2. The number of phenols is 1. The monoisotopic (exact) mass is 288 g/mol. The van der Waals surface area contributed by atoms with Crippen molar-refractivity contribution in [3.8, 4) is 5.75 Å². The molecule has 112 valence electrons. The normalized spacial score (nSPS) is 12.1. The van der Waals surface area contributed by atoms with Gasteiger partial charge in [-0.3, -0.25) is 9.48 Å². The van der Waals surface area contributed by atoms with Crippen LogP contribution in [0.2, 0.25) is 0 Å². The van der Waals surface area contributed by atoms with Crippen molar-refractivity contribution in [3.63, 3.8) is 0 Å². The van der Waals surface area contributed by atoms with Gasteiger partial charge in [-0.05, 0) is 30.2 Å². The van der Waals surface area contributed by atoms with Gasteiger partial charge >= 0.3 is 0 Å². The second-order valence-corrected chi connectivity index (χ2v) is 5.00. The number of nitrogens with zero attached hydrogens (tertiary/aromatic N) is 2. The summed E-state index contributed by atoms with van der Waals surface area (Å²) in [4.78, 5) is 11.9. The van der Waals surface area contributed by atoms with Gasteiger partial charge in [0.1, 0.15) is 5.75 Å². The molecule has 2 rings (SSSR count). The van der Waals surface area contributed by atoms with Gasteiger partial charge in [0.15, 0.2) is 0 Å². The number of rotatable bonds is 6. The van der Waals surface area contributed by atoms with E-state index in [4.69, 9.17) is 5.73 Å². The lowest BCUT2D eigenvalue weighted by atomic mass is 10.1. The molecule has 0 aliphatic carbocycles. The molecule has 0 bridgehead atoms. The second-order valence-electron chi connectivity index (χ2n) is 5.00. The van der Waals surface area contributed by atoms with Gasteiger partial charge in [-0.15, -0.1) is 0 Å². The molecule has 6 heteroatoms. The van der Waals surface area contributed by atoms with Gasteiger partial charge in [-0.25, -0.2) is 0 Å². The van der Waals surface area contributed by atoms with Crippen LogP contribution in [0.15, 0.2) is 36.5 Å². The second kappa shape index (κ2) is 6.90. The Hall–Kier alpha value is -2.34. The maximum atomic E-state index is 11.9. The van der Waals surface area contributed by atoms with Gasteiger partial charge in [0.2, 0.25) is 5.91 Å². The molecule has 21 heavy (non-hydrogen) atoms. The molecule has 0 spiro atoms. The van der Waals surface area contributed by atoms with Crippen LogP contribution >= 0.6 is 0 Å². The molecule has 1 unspecified atom stereocenters. The average molecular weight is 288 g/mol. The first-order valence-electron chi connectivity index (χ1n) is 6.84. The van der Waals surface area contributed by atoms with Gasteiger partial charge < -0.3 is 16.2 Å². The lowest BCUT2D eigenvalue weighted by Gasteiger charge is -2.12. The number of phenolic OH excluding ortho intramolecular Hbond substituents is 1. The summed E-state index contributed by atoms with van der Waals surface area (Å²) in [5, 5.41) is 16.3. The summed E-state index contributed by atoms with van der Waals surface area (Å²) in [6.45, 7) is 0.513. The topological polar surface area (TPSA) is 93.2 Å². The summed E-state index contributed by atoms with van der Waals surface area (Å²) < 4.78 is 1.73. The van der Waals surface area contributed by atoms with E-state index in [1.165, 1.54) is 0 Å². The number of hydrogen-bond donors (Lipinski definition) is 3. The zero-order valence-corrected chi connectivity index (χ0v) is 12.0. The number of carbonyl (C=O) groups is 1. The summed E-state index contributed by atoms with van der Waals surface area (Å²) >= 11 is 0. The Labute approximate surface area is 123 Å². The van der Waals surface area contributed by atoms with Gasteiger partial charge in [-0.1, -0.05) is 12.1 Å². The van der Waals surface area contributed by atoms with E-state index in [2.05, 4.69) is 10.4 Å². The predicted octanol–water partition coefficient (Wildman–Crippen LogP) is 0.354. The Morgan fingerprint density at radius 1 is 1.38 bits per heavy atom. The SMILES string of the molecule is Cn1ccc(CCNC(=O)C(N)Cc2ccc(O)cc2)n1. The fraction of sp³-hybridized carbons (Fsp3) is 0.333. The number of nitrogens with two attached hydrogens (primary N) is 1. The summed E-state index contributed by atoms with van der Waals surface area (Å²) in [7, 11) is 1.86. The van der Waals surface area contributed by atoms with Crippen molar-refractivity contribution >= 4 is 5.91 Å². The lowest BCUT2D eigenvalue weighted by Crippen LogP contribution is -2.42. The molecule has 0 radical (unpaired) electrons. The first-order valence-corrected chi connectivity index (χ1v) is 6.84. The van der Waals surface area contributed by atoms with E-state index in [-0.39, 0.29) is 11.7 Å². The fourth-order valence-electron chi connectivity index (χ4n) is 2.02. The van der Waals surface area contributed by atoms with E-state index >= 15 is 0 Å². The molecular weight excluding hydrogens is 268 g/mol. The molecule has 2 aromatic rings. The molecule has 1 heterocycles. The minimum Gasteiger partial charge on any atom is -0.508 e. The average Bonchev–Trinajstić information content (AvgIpc) is 2.87. The van der Waals surface area contributed by atoms with E-state index in [0.717, 1.165) is 11.3 Å². The number of carbonyl (C=O) groups excluding carboxylic acids is 1. The number of amides is 1. The first kappa shape index (κ1) is 15.1. The van der Waals surface area contributed by atoms with Gasteiger partial charge in [0.05, 0.1) is 11.7 Å². The molecule has 4 N–H and O–H groups in total. The molecule has 1 aromatic carbocycles. The number of aryl methyl sites for hydroxylation is 1. The summed E-state index contributed by atoms with van der Waals surface area (Å²) in [5.41, 5.74) is 7.73. The Morgan fingerprint density at radius 2 is 2.10 bits per heavy atom. The highest BCUT2D eigenvalue weighted by Crippen LogP contribution is 2.10. The molecule has 0 fully saturated rings. The molecule has 0 saturated carbocycles. The van der Waals surface area contributed by atoms with Crippen LogP contribution in [0.5, 0.6) is 5.75 Å². The third-order valence-electron chi connectivity index (χ3n) is 3.18. The quantitative estimate of drug-likeness (QED) is 0.715. The molecule has 1 amide bonds. The number of aromatic hydroxyl groups is 1. The Balaban J connectivity index is 1.75. The molecule has 6 nitrogen and oxygen atoms in total. The molecule has 1 aromatic heterocycles. The zero-order valence-electron chi connectivity index (χ0n) is 12.0. The van der Waals surface area contributed by atoms with Crippen molar-refractivity contribution in [2.45, 2.75) is 18.9 Å². The van der Waals surface area contributed by atoms with Crippen molar-refractivity contribution in [1.82, 2.24) is 15.1 Å². The third kappa shape index (κ3) is 4.61. The third-order valence-corrected chi connectivity index (χ3v) is 3.18. The van der Waals surface area contributed by atoms with Gasteiger partial charge in [-0.2, -0.15) is 5.10 Å². The van der Waals surface area contributed by atoms with Crippen LogP contribution in [-0.4, -0.2) is 33.4 Å². The van der Waals surface area contributed by atoms with E-state index in [9.17, 15) is 9.90 Å². The highest BCUT2D eigenvalue weighted by atomic mass is 16.3. The van der Waals surface area contributed by atoms with Crippen molar-refractivity contribution in [3.05, 3.63) is 47.8 Å². The van der Waals surface area contributed by atoms with Crippen molar-refractivity contribution in [2.75, 3.05) is 6.54 Å². The molecule has 0 aliphatic rings. The summed E-state index contributed by atoms with van der Waals surface area (Å²) in [6.07, 6.45) is 2.99. The maximum absolute atomic E-state index is 11.9. The van der Waals surface area contributed by atoms with Crippen LogP contribution in [0.25, 0.3) is 0 Å². The van der Waals surface area contributed by atoms with E-state index in [1.807, 2.05) is 19.3 Å². The number of aromatic nitrogens is 2. The molecular formula is C15H20N4O2. The smallest absolute Gasteiger partial charge is 0.237 e. The first-order chi connectivity index (χ1) is 10.0. The van der Waals surface area contributed by atoms with E-state index < -0.39 is 6.04 Å². The van der Waals surface area contributed by atoms with Crippen LogP contribution in [0.1, 0.15) is 11.3 Å². The number of nitrogens with one attached hydrogen (secondary N) is 1. The largest absolute Gasteiger partial charge is 0.508 e. The van der Waals surface area contributed by atoms with Gasteiger partial charge in [0.25, 0.3) is 0 Å². The lowest BCUT2D eigenvalue weighted by molar-refractivity contribution is -0.122. The van der Waals surface area contributed by atoms with Crippen molar-refractivity contribution in [2.24, 2.45) is 12.8 Å². The Morgan fingerprint density at radius 3 is 2.71 bits per heavy atom. The van der Waals surface area contributed by atoms with Crippen LogP contribution in [0.4, 0.5) is 0 Å². The van der Waals surface area contributed by atoms with Crippen LogP contribution < -0.4 is 11.1 Å².